The van der Waals surface area contributed by atoms with Crippen molar-refractivity contribution in [1.82, 2.24) is 5.32 Å². The smallest absolute Gasteiger partial charge is 0.251 e. The number of nitrogens with one attached hydrogen (secondary N) is 1. The summed E-state index contributed by atoms with van der Waals surface area (Å²) in [5, 5.41) is 12.5. The zero-order valence-electron chi connectivity index (χ0n) is 9.90. The van der Waals surface area contributed by atoms with Crippen LogP contribution in [0.2, 0.25) is 0 Å². The molecule has 1 aromatic rings. The minimum atomic E-state index is -0.0411. The first-order chi connectivity index (χ1) is 8.16. The molecule has 2 rings (SSSR count). The van der Waals surface area contributed by atoms with E-state index in [1.54, 1.807) is 25.1 Å². The number of phenolic OH excluding ortho intramolecular Hbond substituents is 1. The Balaban J connectivity index is 2.01. The number of phenols is 1. The van der Waals surface area contributed by atoms with Gasteiger partial charge in [0.05, 0.1) is 0 Å². The van der Waals surface area contributed by atoms with Crippen molar-refractivity contribution in [2.75, 3.05) is 11.5 Å². The summed E-state index contributed by atoms with van der Waals surface area (Å²) in [7, 11) is 0. The fourth-order valence-electron chi connectivity index (χ4n) is 1.92. The van der Waals surface area contributed by atoms with Gasteiger partial charge in [0.25, 0.3) is 5.91 Å². The van der Waals surface area contributed by atoms with Crippen molar-refractivity contribution in [2.24, 2.45) is 0 Å². The first-order valence-corrected chi connectivity index (χ1v) is 7.00. The Morgan fingerprint density at radius 2 is 2.35 bits per heavy atom. The highest BCUT2D eigenvalue weighted by Crippen LogP contribution is 2.19. The minimum absolute atomic E-state index is 0.0411. The molecule has 0 saturated carbocycles. The predicted molar refractivity (Wildman–Crippen MR) is 70.7 cm³/mol. The van der Waals surface area contributed by atoms with Gasteiger partial charge in [0, 0.05) is 17.4 Å². The average molecular weight is 251 g/mol. The third-order valence-electron chi connectivity index (χ3n) is 2.95. The van der Waals surface area contributed by atoms with Gasteiger partial charge < -0.3 is 10.4 Å². The molecule has 1 amide bonds. The van der Waals surface area contributed by atoms with Gasteiger partial charge >= 0.3 is 0 Å². The second kappa shape index (κ2) is 5.45. The number of aryl methyl sites for hydroxylation is 1. The number of carbonyl (C=O) groups is 1. The molecule has 92 valence electrons. The summed E-state index contributed by atoms with van der Waals surface area (Å²) in [6, 6.07) is 5.24. The maximum atomic E-state index is 12.0. The Kier molecular flexibility index (Phi) is 3.94. The third kappa shape index (κ3) is 3.16. The van der Waals surface area contributed by atoms with Crippen LogP contribution in [0.1, 0.15) is 28.8 Å². The SMILES string of the molecule is Cc1cc(C(=O)NC2CCCSC2)ccc1O. The fourth-order valence-corrected chi connectivity index (χ4v) is 2.99. The van der Waals surface area contributed by atoms with E-state index in [-0.39, 0.29) is 17.7 Å². The van der Waals surface area contributed by atoms with E-state index >= 15 is 0 Å². The molecule has 1 aliphatic heterocycles. The Hall–Kier alpha value is -1.16. The largest absolute Gasteiger partial charge is 0.508 e. The summed E-state index contributed by atoms with van der Waals surface area (Å²) in [6.07, 6.45) is 2.24. The van der Waals surface area contributed by atoms with Gasteiger partial charge in [0.2, 0.25) is 0 Å². The van der Waals surface area contributed by atoms with Crippen molar-refractivity contribution in [1.29, 1.82) is 0 Å². The van der Waals surface area contributed by atoms with Gasteiger partial charge in [-0.3, -0.25) is 4.79 Å². The standard InChI is InChI=1S/C13H17NO2S/c1-9-7-10(4-5-12(9)15)13(16)14-11-3-2-6-17-8-11/h4-5,7,11,15H,2-3,6,8H2,1H3,(H,14,16). The number of carbonyl (C=O) groups excluding carboxylic acids is 1. The molecule has 1 aromatic carbocycles. The molecule has 1 aliphatic rings. The number of hydrogen-bond acceptors (Lipinski definition) is 3. The van der Waals surface area contributed by atoms with Gasteiger partial charge in [-0.05, 0) is 49.3 Å². The Morgan fingerprint density at radius 1 is 1.53 bits per heavy atom. The summed E-state index contributed by atoms with van der Waals surface area (Å²) in [6.45, 7) is 1.79. The minimum Gasteiger partial charge on any atom is -0.508 e. The average Bonchev–Trinajstić information content (AvgIpc) is 2.34. The van der Waals surface area contributed by atoms with Crippen molar-refractivity contribution >= 4 is 17.7 Å². The van der Waals surface area contributed by atoms with Gasteiger partial charge in [0.1, 0.15) is 5.75 Å². The molecule has 1 fully saturated rings. The molecular formula is C13H17NO2S. The van der Waals surface area contributed by atoms with E-state index in [4.69, 9.17) is 0 Å². The van der Waals surface area contributed by atoms with Crippen LogP contribution in [0.4, 0.5) is 0 Å². The second-order valence-corrected chi connectivity index (χ2v) is 5.54. The van der Waals surface area contributed by atoms with Crippen molar-refractivity contribution in [3.8, 4) is 5.75 Å². The van der Waals surface area contributed by atoms with Gasteiger partial charge in [-0.25, -0.2) is 0 Å². The van der Waals surface area contributed by atoms with E-state index in [0.717, 1.165) is 17.7 Å². The van der Waals surface area contributed by atoms with Crippen molar-refractivity contribution < 1.29 is 9.90 Å². The lowest BCUT2D eigenvalue weighted by atomic mass is 10.1. The van der Waals surface area contributed by atoms with Crippen molar-refractivity contribution in [2.45, 2.75) is 25.8 Å². The third-order valence-corrected chi connectivity index (χ3v) is 4.17. The van der Waals surface area contributed by atoms with Gasteiger partial charge in [0.15, 0.2) is 0 Å². The molecule has 3 nitrogen and oxygen atoms in total. The highest BCUT2D eigenvalue weighted by Gasteiger charge is 2.17. The summed E-state index contributed by atoms with van der Waals surface area (Å²) in [4.78, 5) is 12.0. The maximum absolute atomic E-state index is 12.0. The van der Waals surface area contributed by atoms with Crippen LogP contribution in [0.25, 0.3) is 0 Å². The van der Waals surface area contributed by atoms with Gasteiger partial charge in [-0.1, -0.05) is 0 Å². The molecule has 0 spiro atoms. The number of benzene rings is 1. The van der Waals surface area contributed by atoms with E-state index in [1.165, 1.54) is 12.2 Å². The van der Waals surface area contributed by atoms with E-state index in [2.05, 4.69) is 5.32 Å². The normalized spacial score (nSPS) is 19.9. The molecule has 1 saturated heterocycles. The summed E-state index contributed by atoms with van der Waals surface area (Å²) >= 11 is 1.89. The monoisotopic (exact) mass is 251 g/mol. The van der Waals surface area contributed by atoms with Gasteiger partial charge in [-0.2, -0.15) is 11.8 Å². The molecule has 1 heterocycles. The van der Waals surface area contributed by atoms with Crippen LogP contribution >= 0.6 is 11.8 Å². The second-order valence-electron chi connectivity index (χ2n) is 4.39. The summed E-state index contributed by atoms with van der Waals surface area (Å²) in [5.41, 5.74) is 1.35. The number of aromatic hydroxyl groups is 1. The lowest BCUT2D eigenvalue weighted by Crippen LogP contribution is -2.38. The molecule has 1 atom stereocenters. The molecule has 0 bridgehead atoms. The molecular weight excluding hydrogens is 234 g/mol. The number of hydrogen-bond donors (Lipinski definition) is 2. The molecule has 1 unspecified atom stereocenters. The zero-order valence-corrected chi connectivity index (χ0v) is 10.7. The lowest BCUT2D eigenvalue weighted by Gasteiger charge is -2.22. The molecule has 17 heavy (non-hydrogen) atoms. The topological polar surface area (TPSA) is 49.3 Å². The molecule has 0 radical (unpaired) electrons. The van der Waals surface area contributed by atoms with E-state index in [0.29, 0.717) is 5.56 Å². The van der Waals surface area contributed by atoms with Crippen LogP contribution in [0.3, 0.4) is 0 Å². The molecule has 0 aromatic heterocycles. The van der Waals surface area contributed by atoms with E-state index in [1.807, 2.05) is 11.8 Å². The van der Waals surface area contributed by atoms with Crippen LogP contribution in [-0.2, 0) is 0 Å². The number of rotatable bonds is 2. The van der Waals surface area contributed by atoms with Crippen LogP contribution in [0.5, 0.6) is 5.75 Å². The summed E-state index contributed by atoms with van der Waals surface area (Å²) < 4.78 is 0. The van der Waals surface area contributed by atoms with E-state index in [9.17, 15) is 9.90 Å². The quantitative estimate of drug-likeness (QED) is 0.848. The highest BCUT2D eigenvalue weighted by atomic mass is 32.2. The molecule has 0 aliphatic carbocycles. The van der Waals surface area contributed by atoms with Crippen LogP contribution in [0, 0.1) is 6.92 Å². The highest BCUT2D eigenvalue weighted by molar-refractivity contribution is 7.99. The van der Waals surface area contributed by atoms with Crippen LogP contribution in [-0.4, -0.2) is 28.6 Å². The van der Waals surface area contributed by atoms with Crippen molar-refractivity contribution in [3.05, 3.63) is 29.3 Å². The maximum Gasteiger partial charge on any atom is 0.251 e. The van der Waals surface area contributed by atoms with E-state index < -0.39 is 0 Å². The Bertz CT molecular complexity index is 414. The first-order valence-electron chi connectivity index (χ1n) is 5.85. The van der Waals surface area contributed by atoms with Gasteiger partial charge in [-0.15, -0.1) is 0 Å². The number of amides is 1. The Morgan fingerprint density at radius 3 is 3.00 bits per heavy atom. The Labute approximate surface area is 106 Å². The van der Waals surface area contributed by atoms with Crippen LogP contribution < -0.4 is 5.32 Å². The lowest BCUT2D eigenvalue weighted by molar-refractivity contribution is 0.0938. The zero-order chi connectivity index (χ0) is 12.3. The van der Waals surface area contributed by atoms with Crippen molar-refractivity contribution in [3.63, 3.8) is 0 Å². The summed E-state index contributed by atoms with van der Waals surface area (Å²) in [5.74, 6) is 2.39. The van der Waals surface area contributed by atoms with Crippen LogP contribution in [0.15, 0.2) is 18.2 Å². The molecule has 4 heteroatoms. The fraction of sp³-hybridized carbons (Fsp3) is 0.462. The molecule has 2 N–H and O–H groups in total. The first kappa shape index (κ1) is 12.3. The number of thioether (sulfide) groups is 1. The predicted octanol–water partition coefficient (Wildman–Crippen LogP) is 2.33.